The number of esters is 1. The second-order valence-electron chi connectivity index (χ2n) is 13.1. The first-order valence-electron chi connectivity index (χ1n) is 18.5. The summed E-state index contributed by atoms with van der Waals surface area (Å²) >= 11 is 0. The number of benzene rings is 3. The highest BCUT2D eigenvalue weighted by molar-refractivity contribution is 5.88. The first-order valence-corrected chi connectivity index (χ1v) is 18.5. The fourth-order valence-corrected chi connectivity index (χ4v) is 5.85. The number of hydrogen-bond acceptors (Lipinski definition) is 11. The number of carbonyl (C=O) groups is 6. The Bertz CT molecular complexity index is 1740. The van der Waals surface area contributed by atoms with E-state index in [1.807, 2.05) is 25.1 Å². The Morgan fingerprint density at radius 2 is 1.45 bits per heavy atom. The van der Waals surface area contributed by atoms with Crippen LogP contribution in [0, 0.1) is 11.8 Å². The van der Waals surface area contributed by atoms with E-state index >= 15 is 0 Å². The Morgan fingerprint density at radius 1 is 0.800 bits per heavy atom. The summed E-state index contributed by atoms with van der Waals surface area (Å²) < 4.78 is 17.5. The average Bonchev–Trinajstić information content (AvgIpc) is 3.19. The zero-order chi connectivity index (χ0) is 40.2. The number of nitrogens with two attached hydrogens (primary N) is 2. The van der Waals surface area contributed by atoms with Gasteiger partial charge in [0.25, 0.3) is 0 Å². The molecule has 0 bridgehead atoms. The number of rotatable bonds is 25. The summed E-state index contributed by atoms with van der Waals surface area (Å²) in [5.74, 6) is -1.84. The minimum absolute atomic E-state index is 0.121. The molecule has 0 heterocycles. The van der Waals surface area contributed by atoms with Gasteiger partial charge < -0.3 is 46.4 Å². The maximum absolute atomic E-state index is 13.7. The van der Waals surface area contributed by atoms with Crippen molar-refractivity contribution >= 4 is 36.3 Å². The van der Waals surface area contributed by atoms with Gasteiger partial charge in [0.2, 0.25) is 18.2 Å². The lowest BCUT2D eigenvalue weighted by Gasteiger charge is -2.23. The minimum atomic E-state index is -0.766. The zero-order valence-electron chi connectivity index (χ0n) is 31.7. The Labute approximate surface area is 322 Å². The quantitative estimate of drug-likeness (QED) is 0.0481. The van der Waals surface area contributed by atoms with Crippen LogP contribution in [0.2, 0.25) is 0 Å². The maximum atomic E-state index is 13.7. The lowest BCUT2D eigenvalue weighted by atomic mass is 9.86. The van der Waals surface area contributed by atoms with Crippen molar-refractivity contribution in [2.45, 2.75) is 58.4 Å². The van der Waals surface area contributed by atoms with Gasteiger partial charge in [0, 0.05) is 36.1 Å². The van der Waals surface area contributed by atoms with Gasteiger partial charge in [-0.3, -0.25) is 19.2 Å². The second kappa shape index (κ2) is 23.2. The lowest BCUT2D eigenvalue weighted by Crippen LogP contribution is -2.37. The molecule has 0 aromatic heterocycles. The first-order chi connectivity index (χ1) is 26.5. The molecule has 0 spiro atoms. The van der Waals surface area contributed by atoms with Crippen molar-refractivity contribution in [2.75, 3.05) is 39.4 Å². The predicted molar refractivity (Wildman–Crippen MR) is 207 cm³/mol. The van der Waals surface area contributed by atoms with Gasteiger partial charge in [0.1, 0.15) is 43.3 Å². The third-order valence-electron chi connectivity index (χ3n) is 8.91. The standard InChI is InChI=1S/C41H53N5O9/c1-4-30(40(51)45-24-39(50)55-32-8-6-5-7-9-32)20-29-11-14-37(53-18-16-42)34(21-29)35-22-31(12-15-38(35)54-19-17-43)33(41(52)46-28(3)25-47)13-10-27(2)36(49)23-44-26-48/h5-9,11-12,14-15,21-22,25-28,30,33H,4,10,13,16-20,23-24,42-43H2,1-3H3,(H,44,48)(H,45,51)(H,46,52)/t27?,28-,30?,33?/m0/s1. The molecule has 0 saturated carbocycles. The Balaban J connectivity index is 2.00. The van der Waals surface area contributed by atoms with E-state index in [4.69, 9.17) is 25.7 Å². The highest BCUT2D eigenvalue weighted by Gasteiger charge is 2.27. The summed E-state index contributed by atoms with van der Waals surface area (Å²) in [6, 6.07) is 18.7. The minimum Gasteiger partial charge on any atom is -0.492 e. The number of aldehydes is 1. The molecule has 3 unspecified atom stereocenters. The number of para-hydroxylation sites is 1. The van der Waals surface area contributed by atoms with Crippen molar-refractivity contribution in [1.82, 2.24) is 16.0 Å². The number of nitrogens with one attached hydrogen (secondary N) is 3. The van der Waals surface area contributed by atoms with E-state index in [0.717, 1.165) is 5.56 Å². The van der Waals surface area contributed by atoms with Crippen molar-refractivity contribution in [3.05, 3.63) is 77.9 Å². The maximum Gasteiger partial charge on any atom is 0.330 e. The summed E-state index contributed by atoms with van der Waals surface area (Å²) in [5.41, 5.74) is 14.2. The third kappa shape index (κ3) is 14.0. The highest BCUT2D eigenvalue weighted by atomic mass is 16.5. The van der Waals surface area contributed by atoms with Crippen molar-refractivity contribution in [3.63, 3.8) is 0 Å². The van der Waals surface area contributed by atoms with E-state index < -0.39 is 35.7 Å². The summed E-state index contributed by atoms with van der Waals surface area (Å²) in [6.45, 7) is 5.68. The monoisotopic (exact) mass is 759 g/mol. The van der Waals surface area contributed by atoms with Crippen molar-refractivity contribution < 1.29 is 43.0 Å². The van der Waals surface area contributed by atoms with Gasteiger partial charge in [-0.15, -0.1) is 0 Å². The molecule has 14 nitrogen and oxygen atoms in total. The van der Waals surface area contributed by atoms with Crippen LogP contribution in [0.1, 0.15) is 57.1 Å². The average molecular weight is 760 g/mol. The van der Waals surface area contributed by atoms with E-state index in [9.17, 15) is 28.8 Å². The highest BCUT2D eigenvalue weighted by Crippen LogP contribution is 2.40. The second-order valence-corrected chi connectivity index (χ2v) is 13.1. The molecule has 3 amide bonds. The number of amides is 3. The van der Waals surface area contributed by atoms with Crippen LogP contribution in [0.5, 0.6) is 17.2 Å². The van der Waals surface area contributed by atoms with Crippen LogP contribution >= 0.6 is 0 Å². The van der Waals surface area contributed by atoms with Crippen LogP contribution in [0.4, 0.5) is 0 Å². The van der Waals surface area contributed by atoms with Gasteiger partial charge in [-0.05, 0) is 80.1 Å². The van der Waals surface area contributed by atoms with Gasteiger partial charge in [0.15, 0.2) is 5.78 Å². The van der Waals surface area contributed by atoms with Crippen LogP contribution < -0.4 is 41.6 Å². The fourth-order valence-electron chi connectivity index (χ4n) is 5.85. The smallest absolute Gasteiger partial charge is 0.330 e. The number of Topliss-reactive ketones (excluding diaryl/α,β-unsaturated/α-hetero) is 1. The molecule has 3 aromatic carbocycles. The number of hydrogen-bond donors (Lipinski definition) is 5. The van der Waals surface area contributed by atoms with Gasteiger partial charge in [-0.2, -0.15) is 0 Å². The SMILES string of the molecule is CCC(Cc1ccc(OCCN)c(-c2cc(C(CCC(C)C(=O)CNC=O)C(=O)N[C@@H](C)C=O)ccc2OCCN)c1)C(=O)NCC(=O)Oc1ccccc1. The Morgan fingerprint density at radius 3 is 2.07 bits per heavy atom. The number of ether oxygens (including phenoxy) is 3. The predicted octanol–water partition coefficient (Wildman–Crippen LogP) is 2.84. The summed E-state index contributed by atoms with van der Waals surface area (Å²) in [5, 5.41) is 7.82. The van der Waals surface area contributed by atoms with E-state index in [-0.39, 0.29) is 57.5 Å². The number of ketones is 1. The van der Waals surface area contributed by atoms with Gasteiger partial charge in [0.05, 0.1) is 18.5 Å². The Hall–Kier alpha value is -5.60. The molecule has 0 radical (unpaired) electrons. The van der Waals surface area contributed by atoms with Crippen LogP contribution in [0.15, 0.2) is 66.7 Å². The molecular weight excluding hydrogens is 706 g/mol. The fraction of sp³-hybridized carbons (Fsp3) is 0.415. The molecule has 0 aliphatic rings. The van der Waals surface area contributed by atoms with E-state index in [2.05, 4.69) is 16.0 Å². The van der Waals surface area contributed by atoms with E-state index in [0.29, 0.717) is 65.9 Å². The lowest BCUT2D eigenvalue weighted by molar-refractivity contribution is -0.136. The third-order valence-corrected chi connectivity index (χ3v) is 8.91. The Kier molecular flexibility index (Phi) is 18.5. The number of carbonyl (C=O) groups excluding carboxylic acids is 6. The van der Waals surface area contributed by atoms with Crippen LogP contribution in [0.25, 0.3) is 11.1 Å². The normalized spacial score (nSPS) is 13.0. The molecule has 55 heavy (non-hydrogen) atoms. The summed E-state index contributed by atoms with van der Waals surface area (Å²) in [7, 11) is 0. The molecule has 0 fully saturated rings. The van der Waals surface area contributed by atoms with Gasteiger partial charge >= 0.3 is 5.97 Å². The van der Waals surface area contributed by atoms with E-state index in [1.165, 1.54) is 0 Å². The van der Waals surface area contributed by atoms with Gasteiger partial charge in [-0.25, -0.2) is 4.79 Å². The molecule has 296 valence electrons. The van der Waals surface area contributed by atoms with Crippen molar-refractivity contribution in [1.29, 1.82) is 0 Å². The topological polar surface area (TPSA) is 218 Å². The zero-order valence-corrected chi connectivity index (χ0v) is 31.7. The van der Waals surface area contributed by atoms with Crippen LogP contribution in [0.3, 0.4) is 0 Å². The molecule has 3 aromatic rings. The summed E-state index contributed by atoms with van der Waals surface area (Å²) in [4.78, 5) is 74.1. The molecule has 0 aliphatic carbocycles. The van der Waals surface area contributed by atoms with E-state index in [1.54, 1.807) is 62.4 Å². The molecule has 14 heteroatoms. The van der Waals surface area contributed by atoms with Gasteiger partial charge in [-0.1, -0.05) is 44.2 Å². The van der Waals surface area contributed by atoms with Crippen molar-refractivity contribution in [2.24, 2.45) is 23.3 Å². The van der Waals surface area contributed by atoms with Crippen LogP contribution in [-0.4, -0.2) is 81.7 Å². The molecule has 4 atom stereocenters. The molecular formula is C41H53N5O9. The van der Waals surface area contributed by atoms with Crippen LogP contribution in [-0.2, 0) is 35.2 Å². The molecule has 0 aliphatic heterocycles. The molecule has 3 rings (SSSR count). The van der Waals surface area contributed by atoms with Crippen molar-refractivity contribution in [3.8, 4) is 28.4 Å². The summed E-state index contributed by atoms with van der Waals surface area (Å²) in [6.07, 6.45) is 2.51. The molecule has 0 saturated heterocycles. The molecule has 7 N–H and O–H groups in total. The largest absolute Gasteiger partial charge is 0.492 e. The first kappa shape index (κ1) is 43.8.